The molecule has 1 aliphatic heterocycles. The first kappa shape index (κ1) is 16.6. The van der Waals surface area contributed by atoms with Crippen LogP contribution in [0.2, 0.25) is 0 Å². The summed E-state index contributed by atoms with van der Waals surface area (Å²) in [6, 6.07) is 14.3. The van der Waals surface area contributed by atoms with E-state index in [1.165, 1.54) is 5.69 Å². The van der Waals surface area contributed by atoms with E-state index in [1.807, 2.05) is 53.9 Å². The van der Waals surface area contributed by atoms with Crippen LogP contribution in [0.1, 0.15) is 22.6 Å². The largest absolute Gasteiger partial charge is 0.370 e. The lowest BCUT2D eigenvalue weighted by atomic mass is 10.2. The van der Waals surface area contributed by atoms with Gasteiger partial charge in [0.05, 0.1) is 0 Å². The van der Waals surface area contributed by atoms with Crippen molar-refractivity contribution in [2.45, 2.75) is 13.3 Å². The SMILES string of the molecule is Cc1cc(N2CCCN(C(=O)c3cc4ccccc4n3C)CC2)ccn1. The summed E-state index contributed by atoms with van der Waals surface area (Å²) in [5.74, 6) is 0.122. The summed E-state index contributed by atoms with van der Waals surface area (Å²) in [6.07, 6.45) is 2.82. The molecule has 0 N–H and O–H groups in total. The molecule has 2 aromatic heterocycles. The molecule has 3 aromatic rings. The van der Waals surface area contributed by atoms with Crippen molar-refractivity contribution in [3.05, 3.63) is 60.0 Å². The number of hydrogen-bond donors (Lipinski definition) is 0. The maximum Gasteiger partial charge on any atom is 0.270 e. The lowest BCUT2D eigenvalue weighted by Gasteiger charge is -2.24. The quantitative estimate of drug-likeness (QED) is 0.714. The van der Waals surface area contributed by atoms with Gasteiger partial charge in [0.1, 0.15) is 5.69 Å². The van der Waals surface area contributed by atoms with E-state index in [1.54, 1.807) is 0 Å². The number of amides is 1. The van der Waals surface area contributed by atoms with E-state index in [2.05, 4.69) is 28.1 Å². The van der Waals surface area contributed by atoms with Gasteiger partial charge in [-0.1, -0.05) is 18.2 Å². The summed E-state index contributed by atoms with van der Waals surface area (Å²) in [6.45, 7) is 5.35. The Morgan fingerprint density at radius 2 is 1.88 bits per heavy atom. The van der Waals surface area contributed by atoms with Crippen molar-refractivity contribution in [2.24, 2.45) is 7.05 Å². The molecule has 1 aliphatic rings. The lowest BCUT2D eigenvalue weighted by Crippen LogP contribution is -2.36. The first-order chi connectivity index (χ1) is 12.6. The average molecular weight is 348 g/mol. The summed E-state index contributed by atoms with van der Waals surface area (Å²) in [5.41, 5.74) is 4.07. The third-order valence-electron chi connectivity index (χ3n) is 5.20. The minimum absolute atomic E-state index is 0.122. The molecule has 0 bridgehead atoms. The number of aryl methyl sites for hydroxylation is 2. The highest BCUT2D eigenvalue weighted by atomic mass is 16.2. The van der Waals surface area contributed by atoms with Crippen molar-refractivity contribution < 1.29 is 4.79 Å². The van der Waals surface area contributed by atoms with E-state index in [0.717, 1.165) is 54.9 Å². The molecule has 5 heteroatoms. The minimum atomic E-state index is 0.122. The van der Waals surface area contributed by atoms with Crippen LogP contribution < -0.4 is 4.90 Å². The highest BCUT2D eigenvalue weighted by molar-refractivity contribution is 5.98. The van der Waals surface area contributed by atoms with Crippen molar-refractivity contribution in [3.8, 4) is 0 Å². The molecule has 4 rings (SSSR count). The number of benzene rings is 1. The van der Waals surface area contributed by atoms with Gasteiger partial charge in [0, 0.05) is 61.7 Å². The number of carbonyl (C=O) groups is 1. The van der Waals surface area contributed by atoms with Crippen LogP contribution in [0.3, 0.4) is 0 Å². The van der Waals surface area contributed by atoms with Crippen molar-refractivity contribution in [3.63, 3.8) is 0 Å². The molecule has 5 nitrogen and oxygen atoms in total. The molecular formula is C21H24N4O. The van der Waals surface area contributed by atoms with Gasteiger partial charge in [0.2, 0.25) is 0 Å². The molecule has 0 aliphatic carbocycles. The second kappa shape index (κ2) is 6.83. The zero-order chi connectivity index (χ0) is 18.1. The zero-order valence-electron chi connectivity index (χ0n) is 15.4. The first-order valence-electron chi connectivity index (χ1n) is 9.15. The Morgan fingerprint density at radius 1 is 1.04 bits per heavy atom. The van der Waals surface area contributed by atoms with Crippen LogP contribution in [-0.2, 0) is 7.05 Å². The van der Waals surface area contributed by atoms with Crippen molar-refractivity contribution in [1.29, 1.82) is 0 Å². The molecule has 1 amide bonds. The summed E-state index contributed by atoms with van der Waals surface area (Å²) in [7, 11) is 1.97. The van der Waals surface area contributed by atoms with E-state index in [-0.39, 0.29) is 5.91 Å². The maximum atomic E-state index is 13.1. The van der Waals surface area contributed by atoms with Crippen LogP contribution in [0, 0.1) is 6.92 Å². The van der Waals surface area contributed by atoms with Gasteiger partial charge in [-0.15, -0.1) is 0 Å². The fourth-order valence-corrected chi connectivity index (χ4v) is 3.76. The number of para-hydroxylation sites is 1. The number of carbonyl (C=O) groups excluding carboxylic acids is 1. The molecule has 1 fully saturated rings. The summed E-state index contributed by atoms with van der Waals surface area (Å²) in [4.78, 5) is 21.7. The molecule has 0 radical (unpaired) electrons. The summed E-state index contributed by atoms with van der Waals surface area (Å²) in [5, 5.41) is 1.11. The van der Waals surface area contributed by atoms with Crippen LogP contribution in [0.5, 0.6) is 0 Å². The van der Waals surface area contributed by atoms with Gasteiger partial charge >= 0.3 is 0 Å². The van der Waals surface area contributed by atoms with E-state index < -0.39 is 0 Å². The molecule has 0 spiro atoms. The van der Waals surface area contributed by atoms with Crippen LogP contribution in [0.25, 0.3) is 10.9 Å². The summed E-state index contributed by atoms with van der Waals surface area (Å²) < 4.78 is 2.01. The molecule has 3 heterocycles. The number of fused-ring (bicyclic) bond motifs is 1. The Labute approximate surface area is 153 Å². The Balaban J connectivity index is 1.53. The van der Waals surface area contributed by atoms with E-state index in [4.69, 9.17) is 0 Å². The molecule has 0 atom stereocenters. The third-order valence-corrected chi connectivity index (χ3v) is 5.20. The van der Waals surface area contributed by atoms with Gasteiger partial charge in [0.15, 0.2) is 0 Å². The Morgan fingerprint density at radius 3 is 2.69 bits per heavy atom. The predicted octanol–water partition coefficient (Wildman–Crippen LogP) is 3.23. The van der Waals surface area contributed by atoms with Gasteiger partial charge < -0.3 is 14.4 Å². The fourth-order valence-electron chi connectivity index (χ4n) is 3.76. The van der Waals surface area contributed by atoms with Gasteiger partial charge in [0.25, 0.3) is 5.91 Å². The fraction of sp³-hybridized carbons (Fsp3) is 0.333. The van der Waals surface area contributed by atoms with Crippen LogP contribution in [0.15, 0.2) is 48.7 Å². The highest BCUT2D eigenvalue weighted by Gasteiger charge is 2.23. The van der Waals surface area contributed by atoms with E-state index >= 15 is 0 Å². The van der Waals surface area contributed by atoms with Crippen molar-refractivity contribution >= 4 is 22.5 Å². The number of aromatic nitrogens is 2. The predicted molar refractivity (Wildman–Crippen MR) is 105 cm³/mol. The van der Waals surface area contributed by atoms with Crippen LogP contribution in [-0.4, -0.2) is 46.5 Å². The lowest BCUT2D eigenvalue weighted by molar-refractivity contribution is 0.0758. The first-order valence-corrected chi connectivity index (χ1v) is 9.15. The number of nitrogens with zero attached hydrogens (tertiary/aromatic N) is 4. The van der Waals surface area contributed by atoms with Crippen LogP contribution in [0.4, 0.5) is 5.69 Å². The molecule has 0 unspecified atom stereocenters. The number of anilines is 1. The monoisotopic (exact) mass is 348 g/mol. The number of hydrogen-bond acceptors (Lipinski definition) is 3. The van der Waals surface area contributed by atoms with Gasteiger partial charge in [-0.25, -0.2) is 0 Å². The normalized spacial score (nSPS) is 15.3. The van der Waals surface area contributed by atoms with Gasteiger partial charge in [-0.2, -0.15) is 0 Å². The number of rotatable bonds is 2. The van der Waals surface area contributed by atoms with Crippen molar-refractivity contribution in [2.75, 3.05) is 31.1 Å². The van der Waals surface area contributed by atoms with Gasteiger partial charge in [-0.05, 0) is 37.6 Å². The minimum Gasteiger partial charge on any atom is -0.370 e. The zero-order valence-corrected chi connectivity index (χ0v) is 15.4. The van der Waals surface area contributed by atoms with Crippen LogP contribution >= 0.6 is 0 Å². The number of pyridine rings is 1. The highest BCUT2D eigenvalue weighted by Crippen LogP contribution is 2.21. The molecule has 0 saturated carbocycles. The van der Waals surface area contributed by atoms with E-state index in [0.29, 0.717) is 0 Å². The summed E-state index contributed by atoms with van der Waals surface area (Å²) >= 11 is 0. The van der Waals surface area contributed by atoms with Crippen molar-refractivity contribution in [1.82, 2.24) is 14.5 Å². The third kappa shape index (κ3) is 3.05. The molecular weight excluding hydrogens is 324 g/mol. The average Bonchev–Trinajstić information content (AvgIpc) is 2.83. The molecule has 134 valence electrons. The van der Waals surface area contributed by atoms with Gasteiger partial charge in [-0.3, -0.25) is 9.78 Å². The second-order valence-electron chi connectivity index (χ2n) is 6.94. The Kier molecular flexibility index (Phi) is 4.37. The Bertz CT molecular complexity index is 946. The smallest absolute Gasteiger partial charge is 0.270 e. The molecule has 26 heavy (non-hydrogen) atoms. The molecule has 1 saturated heterocycles. The molecule has 1 aromatic carbocycles. The van der Waals surface area contributed by atoms with E-state index in [9.17, 15) is 4.79 Å². The second-order valence-corrected chi connectivity index (χ2v) is 6.94. The standard InChI is InChI=1S/C21H24N4O/c1-16-14-18(8-9-22-16)24-10-5-11-25(13-12-24)21(26)20-15-17-6-3-4-7-19(17)23(20)2/h3-4,6-9,14-15H,5,10-13H2,1-2H3. The topological polar surface area (TPSA) is 41.4 Å². The maximum absolute atomic E-state index is 13.1. The Hall–Kier alpha value is -2.82.